The highest BCUT2D eigenvalue weighted by Gasteiger charge is 2.34. The van der Waals surface area contributed by atoms with Crippen LogP contribution in [0.1, 0.15) is 16.5 Å². The average molecular weight is 384 g/mol. The first kappa shape index (κ1) is 15.5. The quantitative estimate of drug-likeness (QED) is 0.741. The Morgan fingerprint density at radius 2 is 1.95 bits per heavy atom. The van der Waals surface area contributed by atoms with E-state index >= 15 is 0 Å². The lowest BCUT2D eigenvalue weighted by Crippen LogP contribution is -2.28. The predicted molar refractivity (Wildman–Crippen MR) is 87.9 cm³/mol. The number of nitrogens with zero attached hydrogens (tertiary/aromatic N) is 1. The Balaban J connectivity index is 2.01. The Morgan fingerprint density at radius 3 is 2.64 bits per heavy atom. The number of carbonyl (C=O) groups excluding carboxylic acids is 1. The van der Waals surface area contributed by atoms with Crippen LogP contribution < -0.4 is 4.90 Å². The highest BCUT2D eigenvalue weighted by atomic mass is 79.9. The molecule has 1 amide bonds. The third-order valence-corrected chi connectivity index (χ3v) is 5.62. The molecule has 0 spiro atoms. The summed E-state index contributed by atoms with van der Waals surface area (Å²) in [6, 6.07) is 9.40. The van der Waals surface area contributed by atoms with E-state index in [0.717, 1.165) is 27.9 Å². The van der Waals surface area contributed by atoms with E-state index in [1.54, 1.807) is 4.90 Å². The van der Waals surface area contributed by atoms with Crippen LogP contribution in [0.4, 0.5) is 14.5 Å². The third-order valence-electron chi connectivity index (χ3n) is 3.52. The minimum atomic E-state index is -0.899. The van der Waals surface area contributed by atoms with Crippen molar-refractivity contribution < 1.29 is 13.6 Å². The Bertz CT molecular complexity index is 753. The van der Waals surface area contributed by atoms with Gasteiger partial charge in [-0.2, -0.15) is 0 Å². The first-order valence-electron chi connectivity index (χ1n) is 6.62. The highest BCUT2D eigenvalue weighted by molar-refractivity contribution is 9.10. The maximum absolute atomic E-state index is 13.5. The smallest absolute Gasteiger partial charge is 0.238 e. The molecule has 1 fully saturated rings. The van der Waals surface area contributed by atoms with Gasteiger partial charge in [0.15, 0.2) is 11.6 Å². The van der Waals surface area contributed by atoms with Gasteiger partial charge in [0.1, 0.15) is 5.37 Å². The molecule has 6 heteroatoms. The molecule has 0 N–H and O–H groups in total. The number of amides is 1. The predicted octanol–water partition coefficient (Wildman–Crippen LogP) is 4.81. The summed E-state index contributed by atoms with van der Waals surface area (Å²) in [4.78, 5) is 13.9. The zero-order valence-electron chi connectivity index (χ0n) is 11.6. The number of carbonyl (C=O) groups is 1. The molecule has 1 unspecified atom stereocenters. The summed E-state index contributed by atoms with van der Waals surface area (Å²) in [5.41, 5.74) is 2.34. The summed E-state index contributed by atoms with van der Waals surface area (Å²) in [5, 5.41) is -0.344. The van der Waals surface area contributed by atoms with Crippen molar-refractivity contribution in [3.63, 3.8) is 0 Å². The first-order valence-corrected chi connectivity index (χ1v) is 8.46. The van der Waals surface area contributed by atoms with Gasteiger partial charge in [-0.1, -0.05) is 22.0 Å². The summed E-state index contributed by atoms with van der Waals surface area (Å²) in [7, 11) is 0. The zero-order valence-corrected chi connectivity index (χ0v) is 14.0. The van der Waals surface area contributed by atoms with E-state index in [2.05, 4.69) is 15.9 Å². The molecule has 22 heavy (non-hydrogen) atoms. The fraction of sp³-hybridized carbons (Fsp3) is 0.188. The standard InChI is InChI=1S/C16H12BrF2NOS/c1-9-6-11(3-4-12(9)17)20-15(21)8-22-16(20)10-2-5-13(18)14(19)7-10/h2-7,16H,8H2,1H3. The summed E-state index contributed by atoms with van der Waals surface area (Å²) in [6.07, 6.45) is 0. The van der Waals surface area contributed by atoms with Gasteiger partial charge in [0.2, 0.25) is 5.91 Å². The molecule has 2 aromatic rings. The second-order valence-corrected chi connectivity index (χ2v) is 6.96. The summed E-state index contributed by atoms with van der Waals surface area (Å²) >= 11 is 4.84. The number of anilines is 1. The second kappa shape index (κ2) is 6.01. The van der Waals surface area contributed by atoms with Crippen LogP contribution >= 0.6 is 27.7 Å². The van der Waals surface area contributed by atoms with Gasteiger partial charge < -0.3 is 0 Å². The second-order valence-electron chi connectivity index (χ2n) is 5.03. The van der Waals surface area contributed by atoms with Crippen LogP contribution in [0.25, 0.3) is 0 Å². The summed E-state index contributed by atoms with van der Waals surface area (Å²) in [6.45, 7) is 1.94. The SMILES string of the molecule is Cc1cc(N2C(=O)CSC2c2ccc(F)c(F)c2)ccc1Br. The maximum Gasteiger partial charge on any atom is 0.238 e. The van der Waals surface area contributed by atoms with Crippen molar-refractivity contribution >= 4 is 39.3 Å². The largest absolute Gasteiger partial charge is 0.295 e. The van der Waals surface area contributed by atoms with Gasteiger partial charge in [-0.15, -0.1) is 11.8 Å². The maximum atomic E-state index is 13.5. The van der Waals surface area contributed by atoms with Crippen LogP contribution in [0, 0.1) is 18.6 Å². The molecule has 3 rings (SSSR count). The fourth-order valence-corrected chi connectivity index (χ4v) is 3.81. The Kier molecular flexibility index (Phi) is 4.23. The molecule has 0 bridgehead atoms. The van der Waals surface area contributed by atoms with Crippen molar-refractivity contribution in [3.8, 4) is 0 Å². The fourth-order valence-electron chi connectivity index (χ4n) is 2.39. The minimum Gasteiger partial charge on any atom is -0.295 e. The van der Waals surface area contributed by atoms with Gasteiger partial charge in [0, 0.05) is 10.2 Å². The number of hydrogen-bond acceptors (Lipinski definition) is 2. The molecule has 1 aliphatic heterocycles. The van der Waals surface area contributed by atoms with Crippen LogP contribution in [0.3, 0.4) is 0 Å². The number of hydrogen-bond donors (Lipinski definition) is 0. The third kappa shape index (κ3) is 2.77. The van der Waals surface area contributed by atoms with Crippen molar-refractivity contribution in [2.45, 2.75) is 12.3 Å². The molecule has 0 aliphatic carbocycles. The Morgan fingerprint density at radius 1 is 1.18 bits per heavy atom. The lowest BCUT2D eigenvalue weighted by Gasteiger charge is -2.25. The van der Waals surface area contributed by atoms with Crippen molar-refractivity contribution in [2.24, 2.45) is 0 Å². The average Bonchev–Trinajstić information content (AvgIpc) is 2.87. The molecular weight excluding hydrogens is 372 g/mol. The van der Waals surface area contributed by atoms with Crippen LogP contribution in [-0.2, 0) is 4.79 Å². The highest BCUT2D eigenvalue weighted by Crippen LogP contribution is 2.42. The molecule has 1 heterocycles. The summed E-state index contributed by atoms with van der Waals surface area (Å²) in [5.74, 6) is -1.51. The van der Waals surface area contributed by atoms with E-state index in [9.17, 15) is 13.6 Å². The molecule has 1 aliphatic rings. The lowest BCUT2D eigenvalue weighted by molar-refractivity contribution is -0.115. The van der Waals surface area contributed by atoms with Gasteiger partial charge in [-0.25, -0.2) is 8.78 Å². The molecule has 2 nitrogen and oxygen atoms in total. The lowest BCUT2D eigenvalue weighted by atomic mass is 10.1. The molecular formula is C16H12BrF2NOS. The molecule has 114 valence electrons. The van der Waals surface area contributed by atoms with Gasteiger partial charge in [-0.3, -0.25) is 9.69 Å². The van der Waals surface area contributed by atoms with Crippen molar-refractivity contribution in [1.29, 1.82) is 0 Å². The van der Waals surface area contributed by atoms with E-state index in [0.29, 0.717) is 11.3 Å². The molecule has 1 atom stereocenters. The van der Waals surface area contributed by atoms with Crippen molar-refractivity contribution in [3.05, 3.63) is 63.6 Å². The molecule has 2 aromatic carbocycles. The Labute approximate surface area is 139 Å². The van der Waals surface area contributed by atoms with Gasteiger partial charge in [0.25, 0.3) is 0 Å². The normalized spacial score (nSPS) is 18.1. The summed E-state index contributed by atoms with van der Waals surface area (Å²) < 4.78 is 27.6. The number of thioether (sulfide) groups is 1. The molecule has 0 radical (unpaired) electrons. The number of aryl methyl sites for hydroxylation is 1. The number of rotatable bonds is 2. The van der Waals surface area contributed by atoms with Crippen LogP contribution in [0.15, 0.2) is 40.9 Å². The van der Waals surface area contributed by atoms with E-state index in [4.69, 9.17) is 0 Å². The molecule has 0 aromatic heterocycles. The van der Waals surface area contributed by atoms with Gasteiger partial charge in [0.05, 0.1) is 5.75 Å². The van der Waals surface area contributed by atoms with Crippen LogP contribution in [-0.4, -0.2) is 11.7 Å². The zero-order chi connectivity index (χ0) is 15.9. The van der Waals surface area contributed by atoms with Gasteiger partial charge >= 0.3 is 0 Å². The number of benzene rings is 2. The van der Waals surface area contributed by atoms with Crippen LogP contribution in [0.5, 0.6) is 0 Å². The van der Waals surface area contributed by atoms with Crippen molar-refractivity contribution in [1.82, 2.24) is 0 Å². The molecule has 0 saturated carbocycles. The number of halogens is 3. The van der Waals surface area contributed by atoms with E-state index in [-0.39, 0.29) is 11.3 Å². The monoisotopic (exact) mass is 383 g/mol. The first-order chi connectivity index (χ1) is 10.5. The van der Waals surface area contributed by atoms with E-state index in [1.165, 1.54) is 17.8 Å². The van der Waals surface area contributed by atoms with E-state index < -0.39 is 11.6 Å². The van der Waals surface area contributed by atoms with Crippen LogP contribution in [0.2, 0.25) is 0 Å². The molecule has 1 saturated heterocycles. The van der Waals surface area contributed by atoms with Gasteiger partial charge in [-0.05, 0) is 48.4 Å². The topological polar surface area (TPSA) is 20.3 Å². The minimum absolute atomic E-state index is 0.0403. The van der Waals surface area contributed by atoms with Crippen molar-refractivity contribution in [2.75, 3.05) is 10.7 Å². The van der Waals surface area contributed by atoms with E-state index in [1.807, 2.05) is 25.1 Å². The Hall–Kier alpha value is -1.40.